The van der Waals surface area contributed by atoms with E-state index in [1.807, 2.05) is 0 Å². The van der Waals surface area contributed by atoms with Crippen molar-refractivity contribution < 1.29 is 23.0 Å². The summed E-state index contributed by atoms with van der Waals surface area (Å²) < 4.78 is 42.1. The van der Waals surface area contributed by atoms with Crippen LogP contribution in [-0.2, 0) is 6.18 Å². The number of aromatic nitrogens is 1. The minimum absolute atomic E-state index is 0.0310. The molecule has 0 spiro atoms. The lowest BCUT2D eigenvalue weighted by molar-refractivity contribution is -0.137. The van der Waals surface area contributed by atoms with Crippen molar-refractivity contribution in [2.75, 3.05) is 13.7 Å². The lowest BCUT2D eigenvalue weighted by Gasteiger charge is -2.08. The SMILES string of the molecule is COc1ncc(C(F)(F)F)cc1C#CCCO. The first-order valence-electron chi connectivity index (χ1n) is 4.70. The van der Waals surface area contributed by atoms with Crippen molar-refractivity contribution in [3.63, 3.8) is 0 Å². The Bertz CT molecular complexity index is 446. The largest absolute Gasteiger partial charge is 0.480 e. The van der Waals surface area contributed by atoms with Crippen LogP contribution in [0.1, 0.15) is 17.5 Å². The number of pyridine rings is 1. The van der Waals surface area contributed by atoms with E-state index in [1.165, 1.54) is 7.11 Å². The molecule has 1 rings (SSSR count). The van der Waals surface area contributed by atoms with Gasteiger partial charge >= 0.3 is 6.18 Å². The van der Waals surface area contributed by atoms with Crippen LogP contribution in [0, 0.1) is 11.8 Å². The summed E-state index contributed by atoms with van der Waals surface area (Å²) in [6.07, 6.45) is -3.60. The summed E-state index contributed by atoms with van der Waals surface area (Å²) in [5.41, 5.74) is -0.831. The summed E-state index contributed by atoms with van der Waals surface area (Å²) in [6.45, 7) is -0.151. The fourth-order valence-electron chi connectivity index (χ4n) is 1.07. The van der Waals surface area contributed by atoms with E-state index in [-0.39, 0.29) is 24.5 Å². The number of hydrogen-bond donors (Lipinski definition) is 1. The number of hydrogen-bond acceptors (Lipinski definition) is 3. The molecule has 1 aromatic heterocycles. The highest BCUT2D eigenvalue weighted by Gasteiger charge is 2.31. The van der Waals surface area contributed by atoms with Gasteiger partial charge in [0.1, 0.15) is 0 Å². The maximum atomic E-state index is 12.4. The second-order valence-corrected chi connectivity index (χ2v) is 3.05. The van der Waals surface area contributed by atoms with Gasteiger partial charge in [-0.3, -0.25) is 0 Å². The summed E-state index contributed by atoms with van der Waals surface area (Å²) in [7, 11) is 1.30. The van der Waals surface area contributed by atoms with Gasteiger partial charge in [0.2, 0.25) is 5.88 Å². The van der Waals surface area contributed by atoms with Crippen LogP contribution in [0.15, 0.2) is 12.3 Å². The van der Waals surface area contributed by atoms with Crippen LogP contribution >= 0.6 is 0 Å². The summed E-state index contributed by atoms with van der Waals surface area (Å²) >= 11 is 0. The number of aliphatic hydroxyl groups is 1. The quantitative estimate of drug-likeness (QED) is 0.808. The maximum absolute atomic E-state index is 12.4. The first kappa shape index (κ1) is 13.3. The third-order valence-corrected chi connectivity index (χ3v) is 1.83. The Hall–Kier alpha value is -1.74. The van der Waals surface area contributed by atoms with Gasteiger partial charge in [-0.1, -0.05) is 11.8 Å². The van der Waals surface area contributed by atoms with E-state index in [2.05, 4.69) is 16.8 Å². The standard InChI is InChI=1S/C11H10F3NO2/c1-17-10-8(4-2-3-5-16)6-9(7-15-10)11(12,13)14/h6-7,16H,3,5H2,1H3. The van der Waals surface area contributed by atoms with E-state index in [4.69, 9.17) is 9.84 Å². The molecule has 3 nitrogen and oxygen atoms in total. The molecule has 0 aliphatic rings. The fraction of sp³-hybridized carbons (Fsp3) is 0.364. The summed E-state index contributed by atoms with van der Waals surface area (Å²) in [5, 5.41) is 8.53. The highest BCUT2D eigenvalue weighted by molar-refractivity contribution is 5.44. The van der Waals surface area contributed by atoms with Gasteiger partial charge in [0, 0.05) is 12.6 Å². The zero-order valence-corrected chi connectivity index (χ0v) is 9.01. The normalized spacial score (nSPS) is 10.6. The van der Waals surface area contributed by atoms with Gasteiger partial charge in [-0.15, -0.1) is 0 Å². The predicted molar refractivity (Wildman–Crippen MR) is 54.4 cm³/mol. The number of nitrogens with zero attached hydrogens (tertiary/aromatic N) is 1. The average molecular weight is 245 g/mol. The number of halogens is 3. The summed E-state index contributed by atoms with van der Waals surface area (Å²) in [4.78, 5) is 3.54. The van der Waals surface area contributed by atoms with Crippen LogP contribution < -0.4 is 4.74 Å². The molecule has 1 N–H and O–H groups in total. The van der Waals surface area contributed by atoms with E-state index in [0.29, 0.717) is 6.20 Å². The lowest BCUT2D eigenvalue weighted by Crippen LogP contribution is -2.06. The average Bonchev–Trinajstić information content (AvgIpc) is 2.28. The molecule has 0 amide bonds. The van der Waals surface area contributed by atoms with Crippen LogP contribution in [0.2, 0.25) is 0 Å². The molecule has 0 saturated heterocycles. The molecule has 0 aliphatic heterocycles. The van der Waals surface area contributed by atoms with Gasteiger partial charge in [-0.05, 0) is 6.07 Å². The molecule has 0 atom stereocenters. The van der Waals surface area contributed by atoms with Crippen molar-refractivity contribution in [3.8, 4) is 17.7 Å². The van der Waals surface area contributed by atoms with Crippen LogP contribution in [0.4, 0.5) is 13.2 Å². The molecule has 6 heteroatoms. The lowest BCUT2D eigenvalue weighted by atomic mass is 10.2. The fourth-order valence-corrected chi connectivity index (χ4v) is 1.07. The second kappa shape index (κ2) is 5.55. The highest BCUT2D eigenvalue weighted by Crippen LogP contribution is 2.30. The molecule has 17 heavy (non-hydrogen) atoms. The Balaban J connectivity index is 3.13. The third kappa shape index (κ3) is 3.64. The molecule has 0 aliphatic carbocycles. The summed E-state index contributed by atoms with van der Waals surface area (Å²) in [6, 6.07) is 0.871. The maximum Gasteiger partial charge on any atom is 0.417 e. The van der Waals surface area contributed by atoms with Gasteiger partial charge in [-0.2, -0.15) is 13.2 Å². The minimum atomic E-state index is -4.47. The highest BCUT2D eigenvalue weighted by atomic mass is 19.4. The smallest absolute Gasteiger partial charge is 0.417 e. The van der Waals surface area contributed by atoms with Gasteiger partial charge < -0.3 is 9.84 Å². The van der Waals surface area contributed by atoms with E-state index in [1.54, 1.807) is 0 Å². The molecular weight excluding hydrogens is 235 g/mol. The van der Waals surface area contributed by atoms with E-state index in [9.17, 15) is 13.2 Å². The van der Waals surface area contributed by atoms with E-state index >= 15 is 0 Å². The molecule has 0 fully saturated rings. The minimum Gasteiger partial charge on any atom is -0.480 e. The van der Waals surface area contributed by atoms with Gasteiger partial charge in [0.05, 0.1) is 24.8 Å². The van der Waals surface area contributed by atoms with Gasteiger partial charge in [0.25, 0.3) is 0 Å². The van der Waals surface area contributed by atoms with Crippen molar-refractivity contribution in [1.29, 1.82) is 0 Å². The Kier molecular flexibility index (Phi) is 4.35. The number of rotatable bonds is 2. The van der Waals surface area contributed by atoms with Gasteiger partial charge in [-0.25, -0.2) is 4.98 Å². The monoisotopic (exact) mass is 245 g/mol. The first-order chi connectivity index (χ1) is 7.99. The Morgan fingerprint density at radius 3 is 2.71 bits per heavy atom. The van der Waals surface area contributed by atoms with Gasteiger partial charge in [0.15, 0.2) is 0 Å². The Labute approximate surface area is 96.2 Å². The molecule has 1 aromatic rings. The van der Waals surface area contributed by atoms with Crippen LogP contribution in [-0.4, -0.2) is 23.8 Å². The van der Waals surface area contributed by atoms with Crippen LogP contribution in [0.5, 0.6) is 5.88 Å². The molecule has 1 heterocycles. The topological polar surface area (TPSA) is 42.4 Å². The van der Waals surface area contributed by atoms with Crippen molar-refractivity contribution in [2.24, 2.45) is 0 Å². The van der Waals surface area contributed by atoms with Crippen molar-refractivity contribution in [2.45, 2.75) is 12.6 Å². The van der Waals surface area contributed by atoms with Crippen LogP contribution in [0.3, 0.4) is 0 Å². The summed E-state index contributed by atoms with van der Waals surface area (Å²) in [5.74, 6) is 5.03. The number of ether oxygens (including phenoxy) is 1. The van der Waals surface area contributed by atoms with Crippen molar-refractivity contribution in [1.82, 2.24) is 4.98 Å². The van der Waals surface area contributed by atoms with E-state index < -0.39 is 11.7 Å². The Morgan fingerprint density at radius 2 is 2.18 bits per heavy atom. The first-order valence-corrected chi connectivity index (χ1v) is 4.70. The zero-order chi connectivity index (χ0) is 12.9. The van der Waals surface area contributed by atoms with E-state index in [0.717, 1.165) is 6.07 Å². The molecule has 0 saturated carbocycles. The van der Waals surface area contributed by atoms with Crippen molar-refractivity contribution in [3.05, 3.63) is 23.4 Å². The number of methoxy groups -OCH3 is 1. The molecule has 0 aromatic carbocycles. The molecule has 92 valence electrons. The third-order valence-electron chi connectivity index (χ3n) is 1.83. The number of alkyl halides is 3. The second-order valence-electron chi connectivity index (χ2n) is 3.05. The Morgan fingerprint density at radius 1 is 1.47 bits per heavy atom. The molecular formula is C11H10F3NO2. The molecule has 0 unspecified atom stereocenters. The van der Waals surface area contributed by atoms with Crippen molar-refractivity contribution >= 4 is 0 Å². The molecule has 0 bridgehead atoms. The zero-order valence-electron chi connectivity index (χ0n) is 9.01. The molecule has 0 radical (unpaired) electrons. The van der Waals surface area contributed by atoms with Crippen LogP contribution in [0.25, 0.3) is 0 Å². The number of aliphatic hydroxyl groups excluding tert-OH is 1. The predicted octanol–water partition coefficient (Wildman–Crippen LogP) is 1.84.